The van der Waals surface area contributed by atoms with Crippen molar-refractivity contribution in [3.05, 3.63) is 72.3 Å². The van der Waals surface area contributed by atoms with E-state index >= 15 is 0 Å². The van der Waals surface area contributed by atoms with Crippen LogP contribution in [0.1, 0.15) is 62.5 Å². The van der Waals surface area contributed by atoms with Crippen LogP contribution < -0.4 is 16.0 Å². The molecular weight excluding hydrogens is 456 g/mol. The van der Waals surface area contributed by atoms with Crippen molar-refractivity contribution in [2.45, 2.75) is 58.3 Å². The van der Waals surface area contributed by atoms with Crippen LogP contribution in [0.25, 0.3) is 10.9 Å². The van der Waals surface area contributed by atoms with Crippen LogP contribution in [0.2, 0.25) is 0 Å². The number of nitrogens with zero attached hydrogens (tertiary/aromatic N) is 1. The second-order valence-electron chi connectivity index (χ2n) is 11.9. The number of rotatable bonds is 10. The molecule has 193 valence electrons. The number of aromatic nitrogens is 1. The number of amides is 1. The molecule has 1 heterocycles. The summed E-state index contributed by atoms with van der Waals surface area (Å²) in [5.74, 6) is 3.65. The molecule has 3 N–H and O–H groups in total. The van der Waals surface area contributed by atoms with Crippen LogP contribution in [0.5, 0.6) is 0 Å². The van der Waals surface area contributed by atoms with Crippen LogP contribution in [0.15, 0.2) is 54.6 Å². The van der Waals surface area contributed by atoms with Gasteiger partial charge in [0, 0.05) is 18.4 Å². The van der Waals surface area contributed by atoms with Gasteiger partial charge in [-0.05, 0) is 117 Å². The lowest BCUT2D eigenvalue weighted by Gasteiger charge is -2.56. The van der Waals surface area contributed by atoms with Gasteiger partial charge in [-0.15, -0.1) is 0 Å². The van der Waals surface area contributed by atoms with Gasteiger partial charge in [0.15, 0.2) is 0 Å². The van der Waals surface area contributed by atoms with Crippen LogP contribution in [0.3, 0.4) is 0 Å². The number of carbonyl (C=O) groups is 1. The third-order valence-electron chi connectivity index (χ3n) is 8.96. The van der Waals surface area contributed by atoms with Crippen LogP contribution in [0, 0.1) is 36.6 Å². The Morgan fingerprint density at radius 2 is 1.70 bits per heavy atom. The molecule has 3 aromatic rings. The molecular formula is C32H39N4O. The molecule has 4 fully saturated rings. The van der Waals surface area contributed by atoms with Crippen molar-refractivity contribution in [2.75, 3.05) is 23.7 Å². The van der Waals surface area contributed by atoms with Crippen LogP contribution in [0.4, 0.5) is 11.5 Å². The van der Waals surface area contributed by atoms with E-state index < -0.39 is 0 Å². The topological polar surface area (TPSA) is 66.0 Å². The van der Waals surface area contributed by atoms with Gasteiger partial charge in [-0.25, -0.2) is 4.98 Å². The summed E-state index contributed by atoms with van der Waals surface area (Å²) >= 11 is 0. The maximum Gasteiger partial charge on any atom is 0.224 e. The van der Waals surface area contributed by atoms with E-state index in [-0.39, 0.29) is 11.3 Å². The van der Waals surface area contributed by atoms with Crippen molar-refractivity contribution < 1.29 is 4.79 Å². The highest BCUT2D eigenvalue weighted by Gasteiger charge is 2.51. The average molecular weight is 496 g/mol. The molecule has 7 rings (SSSR count). The molecule has 5 nitrogen and oxygen atoms in total. The van der Waals surface area contributed by atoms with E-state index in [1.165, 1.54) is 49.7 Å². The average Bonchev–Trinajstić information content (AvgIpc) is 2.86. The zero-order valence-corrected chi connectivity index (χ0v) is 21.9. The lowest BCUT2D eigenvalue weighted by Crippen LogP contribution is -2.47. The number of benzene rings is 2. The molecule has 4 bridgehead atoms. The number of nitrogens with one attached hydrogen (secondary N) is 3. The zero-order valence-electron chi connectivity index (χ0n) is 21.9. The number of pyridine rings is 1. The fraction of sp³-hybridized carbons (Fsp3) is 0.469. The van der Waals surface area contributed by atoms with Gasteiger partial charge in [-0.1, -0.05) is 30.3 Å². The highest BCUT2D eigenvalue weighted by Crippen LogP contribution is 2.61. The maximum atomic E-state index is 13.2. The molecule has 4 aliphatic carbocycles. The van der Waals surface area contributed by atoms with Crippen molar-refractivity contribution in [1.29, 1.82) is 0 Å². The van der Waals surface area contributed by atoms with Crippen LogP contribution in [-0.4, -0.2) is 24.0 Å². The molecule has 4 aliphatic rings. The smallest absolute Gasteiger partial charge is 0.224 e. The highest BCUT2D eigenvalue weighted by molar-refractivity contribution is 6.01. The number of hydrogen-bond donors (Lipinski definition) is 3. The first-order valence-corrected chi connectivity index (χ1v) is 14.1. The summed E-state index contributed by atoms with van der Waals surface area (Å²) in [6, 6.07) is 18.5. The fourth-order valence-corrected chi connectivity index (χ4v) is 7.74. The Labute approximate surface area is 220 Å². The summed E-state index contributed by atoms with van der Waals surface area (Å²) in [5.41, 5.74) is 4.54. The Balaban J connectivity index is 1.01. The number of hydrogen-bond acceptors (Lipinski definition) is 4. The number of fused-ring (bicyclic) bond motifs is 1. The molecule has 2 aromatic carbocycles. The molecule has 4 saturated carbocycles. The zero-order chi connectivity index (χ0) is 25.2. The van der Waals surface area contributed by atoms with Gasteiger partial charge in [0.1, 0.15) is 5.82 Å². The fourth-order valence-electron chi connectivity index (χ4n) is 7.74. The van der Waals surface area contributed by atoms with E-state index in [4.69, 9.17) is 4.98 Å². The van der Waals surface area contributed by atoms with E-state index in [1.807, 2.05) is 24.3 Å². The van der Waals surface area contributed by atoms with Crippen molar-refractivity contribution >= 4 is 28.3 Å². The number of anilines is 2. The van der Waals surface area contributed by atoms with E-state index in [1.54, 1.807) is 0 Å². The first-order valence-electron chi connectivity index (χ1n) is 14.1. The van der Waals surface area contributed by atoms with Gasteiger partial charge >= 0.3 is 0 Å². The molecule has 0 spiro atoms. The Morgan fingerprint density at radius 1 is 0.946 bits per heavy atom. The third kappa shape index (κ3) is 5.52. The lowest BCUT2D eigenvalue weighted by atomic mass is 9.49. The number of aryl methyl sites for hydroxylation is 1. The minimum Gasteiger partial charge on any atom is -0.370 e. The van der Waals surface area contributed by atoms with E-state index in [0.717, 1.165) is 59.7 Å². The van der Waals surface area contributed by atoms with Crippen molar-refractivity contribution in [3.63, 3.8) is 0 Å². The SMILES string of the molecule is Cc1ccccc1[CH]NCCCNc1ccc2c(NC(=O)CC34CC5CC(CC(C5)C3)C4)cccc2n1. The quantitative estimate of drug-likeness (QED) is 0.274. The summed E-state index contributed by atoms with van der Waals surface area (Å²) in [5, 5.41) is 11.1. The van der Waals surface area contributed by atoms with E-state index in [9.17, 15) is 4.79 Å². The van der Waals surface area contributed by atoms with Gasteiger partial charge in [0.25, 0.3) is 0 Å². The van der Waals surface area contributed by atoms with Crippen molar-refractivity contribution in [1.82, 2.24) is 10.3 Å². The second-order valence-corrected chi connectivity index (χ2v) is 11.9. The highest BCUT2D eigenvalue weighted by atomic mass is 16.1. The summed E-state index contributed by atoms with van der Waals surface area (Å²) in [4.78, 5) is 18.0. The van der Waals surface area contributed by atoms with E-state index in [2.05, 4.69) is 59.8 Å². The van der Waals surface area contributed by atoms with Crippen molar-refractivity contribution in [2.24, 2.45) is 23.2 Å². The molecule has 0 atom stereocenters. The Morgan fingerprint density at radius 3 is 2.46 bits per heavy atom. The predicted octanol–water partition coefficient (Wildman–Crippen LogP) is 6.69. The standard InChI is InChI=1S/C32H39N4O/c1-22-6-2-3-7-26(22)21-33-12-5-13-34-30-11-10-27-28(35-30)8-4-9-29(27)36-31(37)20-32-17-23-14-24(18-32)16-25(15-23)19-32/h2-4,6-11,21,23-25,33H,5,12-20H2,1H3,(H,34,35)(H,36,37). The van der Waals surface area contributed by atoms with Gasteiger partial charge in [-0.2, -0.15) is 0 Å². The summed E-state index contributed by atoms with van der Waals surface area (Å²) in [7, 11) is 0. The molecule has 1 amide bonds. The summed E-state index contributed by atoms with van der Waals surface area (Å²) in [6.45, 7) is 5.95. The maximum absolute atomic E-state index is 13.2. The minimum absolute atomic E-state index is 0.173. The second kappa shape index (κ2) is 10.4. The number of carbonyl (C=O) groups excluding carboxylic acids is 1. The van der Waals surface area contributed by atoms with Gasteiger partial charge in [0.05, 0.1) is 17.7 Å². The minimum atomic E-state index is 0.173. The molecule has 37 heavy (non-hydrogen) atoms. The Kier molecular flexibility index (Phi) is 6.90. The lowest BCUT2D eigenvalue weighted by molar-refractivity contribution is -0.124. The normalized spacial score (nSPS) is 25.9. The van der Waals surface area contributed by atoms with Crippen LogP contribution in [-0.2, 0) is 4.79 Å². The monoisotopic (exact) mass is 495 g/mol. The first-order chi connectivity index (χ1) is 18.1. The molecule has 5 heteroatoms. The third-order valence-corrected chi connectivity index (χ3v) is 8.96. The summed E-state index contributed by atoms with van der Waals surface area (Å²) in [6.07, 6.45) is 9.68. The Bertz CT molecular complexity index is 1230. The van der Waals surface area contributed by atoms with Crippen molar-refractivity contribution in [3.8, 4) is 0 Å². The van der Waals surface area contributed by atoms with Gasteiger partial charge in [-0.3, -0.25) is 4.79 Å². The molecule has 1 radical (unpaired) electrons. The largest absolute Gasteiger partial charge is 0.370 e. The van der Waals surface area contributed by atoms with Crippen LogP contribution >= 0.6 is 0 Å². The van der Waals surface area contributed by atoms with E-state index in [0.29, 0.717) is 6.42 Å². The van der Waals surface area contributed by atoms with Gasteiger partial charge < -0.3 is 16.0 Å². The van der Waals surface area contributed by atoms with Gasteiger partial charge in [0.2, 0.25) is 5.91 Å². The molecule has 1 aromatic heterocycles. The molecule has 0 saturated heterocycles. The molecule has 0 aliphatic heterocycles. The summed E-state index contributed by atoms with van der Waals surface area (Å²) < 4.78 is 0. The Hall–Kier alpha value is -2.92. The predicted molar refractivity (Wildman–Crippen MR) is 151 cm³/mol. The first kappa shape index (κ1) is 24.4. The molecule has 0 unspecified atom stereocenters.